The molecule has 0 saturated heterocycles. The second-order valence-electron chi connectivity index (χ2n) is 6.13. The minimum absolute atomic E-state index is 0.0377. The van der Waals surface area contributed by atoms with Crippen molar-refractivity contribution < 1.29 is 18.5 Å². The van der Waals surface area contributed by atoms with Crippen LogP contribution in [0, 0.1) is 12.3 Å². The number of furan rings is 1. The van der Waals surface area contributed by atoms with Crippen molar-refractivity contribution in [3.63, 3.8) is 0 Å². The quantitative estimate of drug-likeness (QED) is 0.531. The Bertz CT molecular complexity index is 923. The van der Waals surface area contributed by atoms with E-state index in [1.165, 1.54) is 0 Å². The summed E-state index contributed by atoms with van der Waals surface area (Å²) in [5.74, 6) is 4.94. The fourth-order valence-electron chi connectivity index (χ4n) is 2.70. The minimum atomic E-state index is -0.0377. The molecule has 0 radical (unpaired) electrons. The average molecular weight is 379 g/mol. The zero-order chi connectivity index (χ0) is 19.8. The van der Waals surface area contributed by atoms with Crippen molar-refractivity contribution in [2.24, 2.45) is 0 Å². The standard InChI is InChI=1S/C21H21N3O4/c1-3-13-24(15-18-6-5-14-27-18)20(25)8-4-7-19-22-21(23-28-19)16-9-11-17(26-2)12-10-16/h1,5-6,9-12,14H,4,7-8,13,15H2,2H3. The van der Waals surface area contributed by atoms with Crippen LogP contribution in [0.4, 0.5) is 0 Å². The second-order valence-corrected chi connectivity index (χ2v) is 6.13. The van der Waals surface area contributed by atoms with Crippen LogP contribution >= 0.6 is 0 Å². The first-order valence-corrected chi connectivity index (χ1v) is 8.90. The molecule has 2 heterocycles. The number of hydrogen-bond donors (Lipinski definition) is 0. The molecule has 1 amide bonds. The number of hydrogen-bond acceptors (Lipinski definition) is 6. The number of nitrogens with zero attached hydrogens (tertiary/aromatic N) is 3. The van der Waals surface area contributed by atoms with Crippen LogP contribution in [0.1, 0.15) is 24.5 Å². The maximum Gasteiger partial charge on any atom is 0.226 e. The molecule has 7 heteroatoms. The summed E-state index contributed by atoms with van der Waals surface area (Å²) in [6, 6.07) is 11.0. The van der Waals surface area contributed by atoms with Gasteiger partial charge in [0, 0.05) is 18.4 Å². The summed E-state index contributed by atoms with van der Waals surface area (Å²) in [5, 5.41) is 3.99. The molecule has 1 aromatic carbocycles. The Morgan fingerprint density at radius 3 is 2.79 bits per heavy atom. The fraction of sp³-hybridized carbons (Fsp3) is 0.286. The third-order valence-corrected chi connectivity index (χ3v) is 4.16. The zero-order valence-corrected chi connectivity index (χ0v) is 15.6. The van der Waals surface area contributed by atoms with Crippen molar-refractivity contribution in [1.82, 2.24) is 15.0 Å². The molecule has 0 aliphatic heterocycles. The van der Waals surface area contributed by atoms with E-state index in [1.807, 2.05) is 30.3 Å². The van der Waals surface area contributed by atoms with E-state index >= 15 is 0 Å². The highest BCUT2D eigenvalue weighted by Crippen LogP contribution is 2.20. The molecule has 0 N–H and O–H groups in total. The fourth-order valence-corrected chi connectivity index (χ4v) is 2.70. The maximum atomic E-state index is 12.4. The first-order valence-electron chi connectivity index (χ1n) is 8.90. The van der Waals surface area contributed by atoms with Crippen LogP contribution in [-0.4, -0.2) is 34.6 Å². The first kappa shape index (κ1) is 19.2. The summed E-state index contributed by atoms with van der Waals surface area (Å²) in [6.45, 7) is 0.597. The number of ether oxygens (including phenoxy) is 1. The monoisotopic (exact) mass is 379 g/mol. The summed E-state index contributed by atoms with van der Waals surface area (Å²) in [5.41, 5.74) is 0.838. The van der Waals surface area contributed by atoms with Gasteiger partial charge in [0.15, 0.2) is 0 Å². The van der Waals surface area contributed by atoms with Crippen LogP contribution in [0.5, 0.6) is 5.75 Å². The Morgan fingerprint density at radius 2 is 2.11 bits per heavy atom. The van der Waals surface area contributed by atoms with Gasteiger partial charge in [-0.2, -0.15) is 4.98 Å². The van der Waals surface area contributed by atoms with E-state index in [0.717, 1.165) is 11.3 Å². The van der Waals surface area contributed by atoms with E-state index in [0.29, 0.717) is 43.3 Å². The average Bonchev–Trinajstić information content (AvgIpc) is 3.40. The van der Waals surface area contributed by atoms with Crippen molar-refractivity contribution >= 4 is 5.91 Å². The molecule has 0 fully saturated rings. The zero-order valence-electron chi connectivity index (χ0n) is 15.6. The van der Waals surface area contributed by atoms with Crippen LogP contribution in [0.3, 0.4) is 0 Å². The number of carbonyl (C=O) groups is 1. The summed E-state index contributed by atoms with van der Waals surface area (Å²) < 4.78 is 15.7. The smallest absolute Gasteiger partial charge is 0.226 e. The predicted octanol–water partition coefficient (Wildman–Crippen LogP) is 3.32. The Balaban J connectivity index is 1.51. The molecular weight excluding hydrogens is 358 g/mol. The van der Waals surface area contributed by atoms with Crippen molar-refractivity contribution in [3.05, 3.63) is 54.3 Å². The number of amides is 1. The summed E-state index contributed by atoms with van der Waals surface area (Å²) in [4.78, 5) is 18.4. The molecule has 0 saturated carbocycles. The summed E-state index contributed by atoms with van der Waals surface area (Å²) in [7, 11) is 1.61. The van der Waals surface area contributed by atoms with Gasteiger partial charge in [-0.3, -0.25) is 4.79 Å². The molecule has 3 aromatic rings. The number of rotatable bonds is 9. The Hall–Kier alpha value is -3.53. The number of terminal acetylenes is 1. The first-order chi connectivity index (χ1) is 13.7. The van der Waals surface area contributed by atoms with Gasteiger partial charge in [0.1, 0.15) is 11.5 Å². The van der Waals surface area contributed by atoms with Crippen LogP contribution in [0.15, 0.2) is 51.6 Å². The van der Waals surface area contributed by atoms with E-state index in [4.69, 9.17) is 20.1 Å². The highest BCUT2D eigenvalue weighted by Gasteiger charge is 2.15. The summed E-state index contributed by atoms with van der Waals surface area (Å²) >= 11 is 0. The molecule has 2 aromatic heterocycles. The van der Waals surface area contributed by atoms with Crippen molar-refractivity contribution in [1.29, 1.82) is 0 Å². The number of benzene rings is 1. The number of aromatic nitrogens is 2. The van der Waals surface area contributed by atoms with Gasteiger partial charge in [0.05, 0.1) is 26.5 Å². The van der Waals surface area contributed by atoms with Gasteiger partial charge < -0.3 is 18.6 Å². The van der Waals surface area contributed by atoms with Gasteiger partial charge in [-0.15, -0.1) is 6.42 Å². The number of carbonyl (C=O) groups excluding carboxylic acids is 1. The molecule has 0 spiro atoms. The van der Waals surface area contributed by atoms with Crippen molar-refractivity contribution in [2.75, 3.05) is 13.7 Å². The lowest BCUT2D eigenvalue weighted by atomic mass is 10.2. The topological polar surface area (TPSA) is 81.6 Å². The highest BCUT2D eigenvalue weighted by atomic mass is 16.5. The van der Waals surface area contributed by atoms with Gasteiger partial charge in [-0.1, -0.05) is 11.1 Å². The molecule has 0 aliphatic rings. The molecular formula is C21H21N3O4. The molecule has 0 atom stereocenters. The molecule has 28 heavy (non-hydrogen) atoms. The molecule has 7 nitrogen and oxygen atoms in total. The second kappa shape index (κ2) is 9.42. The maximum absolute atomic E-state index is 12.4. The Kier molecular flexibility index (Phi) is 6.47. The third kappa shape index (κ3) is 5.01. The van der Waals surface area contributed by atoms with Crippen LogP contribution in [0.2, 0.25) is 0 Å². The normalized spacial score (nSPS) is 10.4. The Labute approximate surface area is 163 Å². The minimum Gasteiger partial charge on any atom is -0.497 e. The van der Waals surface area contributed by atoms with Crippen molar-refractivity contribution in [2.45, 2.75) is 25.8 Å². The van der Waals surface area contributed by atoms with Gasteiger partial charge in [-0.25, -0.2) is 0 Å². The van der Waals surface area contributed by atoms with Crippen LogP contribution in [0.25, 0.3) is 11.4 Å². The summed E-state index contributed by atoms with van der Waals surface area (Å²) in [6.07, 6.45) is 8.38. The van der Waals surface area contributed by atoms with Gasteiger partial charge in [0.2, 0.25) is 17.6 Å². The van der Waals surface area contributed by atoms with E-state index < -0.39 is 0 Å². The molecule has 144 valence electrons. The van der Waals surface area contributed by atoms with Gasteiger partial charge in [-0.05, 0) is 42.8 Å². The van der Waals surface area contributed by atoms with E-state index in [2.05, 4.69) is 16.1 Å². The van der Waals surface area contributed by atoms with Crippen LogP contribution < -0.4 is 4.74 Å². The van der Waals surface area contributed by atoms with E-state index in [-0.39, 0.29) is 12.5 Å². The lowest BCUT2D eigenvalue weighted by Crippen LogP contribution is -2.30. The Morgan fingerprint density at radius 1 is 1.29 bits per heavy atom. The van der Waals surface area contributed by atoms with E-state index in [1.54, 1.807) is 24.3 Å². The largest absolute Gasteiger partial charge is 0.497 e. The molecule has 0 aliphatic carbocycles. The lowest BCUT2D eigenvalue weighted by molar-refractivity contribution is -0.131. The van der Waals surface area contributed by atoms with Gasteiger partial charge in [0.25, 0.3) is 0 Å². The van der Waals surface area contributed by atoms with Crippen molar-refractivity contribution in [3.8, 4) is 29.5 Å². The highest BCUT2D eigenvalue weighted by molar-refractivity contribution is 5.76. The SMILES string of the molecule is C#CCN(Cc1ccco1)C(=O)CCCc1nc(-c2ccc(OC)cc2)no1. The predicted molar refractivity (Wildman–Crippen MR) is 102 cm³/mol. The third-order valence-electron chi connectivity index (χ3n) is 4.16. The molecule has 3 rings (SSSR count). The van der Waals surface area contributed by atoms with Crippen LogP contribution in [-0.2, 0) is 17.8 Å². The lowest BCUT2D eigenvalue weighted by Gasteiger charge is -2.18. The molecule has 0 bridgehead atoms. The molecule has 0 unspecified atom stereocenters. The number of aryl methyl sites for hydroxylation is 1. The van der Waals surface area contributed by atoms with E-state index in [9.17, 15) is 4.79 Å². The number of methoxy groups -OCH3 is 1. The van der Waals surface area contributed by atoms with Gasteiger partial charge >= 0.3 is 0 Å².